The van der Waals surface area contributed by atoms with Crippen molar-refractivity contribution in [2.75, 3.05) is 17.6 Å². The van der Waals surface area contributed by atoms with E-state index in [4.69, 9.17) is 5.73 Å². The number of aryl methyl sites for hydroxylation is 1. The summed E-state index contributed by atoms with van der Waals surface area (Å²) >= 11 is 0. The molecule has 0 bridgehead atoms. The van der Waals surface area contributed by atoms with Crippen LogP contribution < -0.4 is 11.1 Å². The third-order valence-corrected chi connectivity index (χ3v) is 4.83. The molecule has 0 saturated carbocycles. The molecule has 3 N–H and O–H groups in total. The highest BCUT2D eigenvalue weighted by Gasteiger charge is 2.22. The van der Waals surface area contributed by atoms with Crippen LogP contribution in [0.25, 0.3) is 0 Å². The number of nitrogens with one attached hydrogen (secondary N) is 1. The molecule has 1 amide bonds. The predicted octanol–water partition coefficient (Wildman–Crippen LogP) is 4.19. The summed E-state index contributed by atoms with van der Waals surface area (Å²) in [6.45, 7) is 9.38. The lowest BCUT2D eigenvalue weighted by molar-refractivity contribution is 0.102. The van der Waals surface area contributed by atoms with Crippen molar-refractivity contribution in [2.45, 2.75) is 40.3 Å². The SMILES string of the molecule is Cc1ccc(N)cc1C(=O)Nc1cccc2c1CN(CCC(C)C)C2. The van der Waals surface area contributed by atoms with Gasteiger partial charge in [-0.05, 0) is 60.7 Å². The van der Waals surface area contributed by atoms with Crippen LogP contribution in [0.4, 0.5) is 11.4 Å². The Morgan fingerprint density at radius 3 is 2.80 bits per heavy atom. The molecule has 0 unspecified atom stereocenters. The van der Waals surface area contributed by atoms with Crippen LogP contribution >= 0.6 is 0 Å². The Morgan fingerprint density at radius 1 is 1.24 bits per heavy atom. The summed E-state index contributed by atoms with van der Waals surface area (Å²) in [5.41, 5.74) is 11.5. The number of nitrogens with two attached hydrogens (primary N) is 1. The third-order valence-electron chi connectivity index (χ3n) is 4.83. The number of nitrogens with zero attached hydrogens (tertiary/aromatic N) is 1. The molecule has 1 aliphatic rings. The molecular formula is C21H27N3O. The number of hydrogen-bond acceptors (Lipinski definition) is 3. The number of benzene rings is 2. The van der Waals surface area contributed by atoms with E-state index < -0.39 is 0 Å². The lowest BCUT2D eigenvalue weighted by atomic mass is 10.1. The lowest BCUT2D eigenvalue weighted by Crippen LogP contribution is -2.19. The molecule has 2 aromatic rings. The molecule has 4 heteroatoms. The first-order valence-electron chi connectivity index (χ1n) is 8.94. The van der Waals surface area contributed by atoms with E-state index in [0.717, 1.165) is 30.9 Å². The van der Waals surface area contributed by atoms with Crippen molar-refractivity contribution in [1.82, 2.24) is 4.90 Å². The van der Waals surface area contributed by atoms with Gasteiger partial charge in [0.05, 0.1) is 0 Å². The molecule has 0 spiro atoms. The highest BCUT2D eigenvalue weighted by Crippen LogP contribution is 2.30. The van der Waals surface area contributed by atoms with Gasteiger partial charge in [-0.3, -0.25) is 9.69 Å². The molecule has 1 aliphatic heterocycles. The van der Waals surface area contributed by atoms with Crippen LogP contribution in [0, 0.1) is 12.8 Å². The summed E-state index contributed by atoms with van der Waals surface area (Å²) in [6.07, 6.45) is 1.19. The highest BCUT2D eigenvalue weighted by molar-refractivity contribution is 6.06. The van der Waals surface area contributed by atoms with Crippen molar-refractivity contribution in [1.29, 1.82) is 0 Å². The number of fused-ring (bicyclic) bond motifs is 1. The van der Waals surface area contributed by atoms with E-state index in [1.165, 1.54) is 17.5 Å². The molecule has 0 fully saturated rings. The van der Waals surface area contributed by atoms with Crippen molar-refractivity contribution in [3.05, 3.63) is 58.7 Å². The number of rotatable bonds is 5. The Bertz CT molecular complexity index is 783. The first-order chi connectivity index (χ1) is 11.9. The minimum absolute atomic E-state index is 0.0983. The molecule has 0 aliphatic carbocycles. The first kappa shape index (κ1) is 17.5. The molecule has 25 heavy (non-hydrogen) atoms. The summed E-state index contributed by atoms with van der Waals surface area (Å²) in [6, 6.07) is 11.6. The number of anilines is 2. The zero-order valence-electron chi connectivity index (χ0n) is 15.3. The van der Waals surface area contributed by atoms with Crippen molar-refractivity contribution >= 4 is 17.3 Å². The third kappa shape index (κ3) is 4.02. The largest absolute Gasteiger partial charge is 0.399 e. The Morgan fingerprint density at radius 2 is 2.04 bits per heavy atom. The Labute approximate surface area is 150 Å². The molecular weight excluding hydrogens is 310 g/mol. The van der Waals surface area contributed by atoms with Gasteiger partial charge in [-0.15, -0.1) is 0 Å². The Hall–Kier alpha value is -2.33. The van der Waals surface area contributed by atoms with Crippen molar-refractivity contribution < 1.29 is 4.79 Å². The van der Waals surface area contributed by atoms with E-state index in [2.05, 4.69) is 30.1 Å². The van der Waals surface area contributed by atoms with E-state index in [9.17, 15) is 4.79 Å². The van der Waals surface area contributed by atoms with E-state index in [0.29, 0.717) is 17.2 Å². The summed E-state index contributed by atoms with van der Waals surface area (Å²) < 4.78 is 0. The second kappa shape index (κ2) is 7.28. The van der Waals surface area contributed by atoms with Gasteiger partial charge in [0.25, 0.3) is 5.91 Å². The normalized spacial score (nSPS) is 13.9. The van der Waals surface area contributed by atoms with Crippen LogP contribution in [0.1, 0.15) is 47.3 Å². The molecule has 1 heterocycles. The van der Waals surface area contributed by atoms with Crippen LogP contribution in [0.15, 0.2) is 36.4 Å². The molecule has 0 atom stereocenters. The van der Waals surface area contributed by atoms with E-state index in [1.54, 1.807) is 6.07 Å². The summed E-state index contributed by atoms with van der Waals surface area (Å²) in [5.74, 6) is 0.605. The van der Waals surface area contributed by atoms with Crippen molar-refractivity contribution in [3.63, 3.8) is 0 Å². The lowest BCUT2D eigenvalue weighted by Gasteiger charge is -2.16. The number of amides is 1. The molecule has 4 nitrogen and oxygen atoms in total. The zero-order valence-corrected chi connectivity index (χ0v) is 15.3. The summed E-state index contributed by atoms with van der Waals surface area (Å²) in [5, 5.41) is 3.09. The molecule has 0 radical (unpaired) electrons. The fraction of sp³-hybridized carbons (Fsp3) is 0.381. The maximum atomic E-state index is 12.7. The topological polar surface area (TPSA) is 58.4 Å². The van der Waals surface area contributed by atoms with Gasteiger partial charge in [0.2, 0.25) is 0 Å². The highest BCUT2D eigenvalue weighted by atomic mass is 16.1. The second-order valence-corrected chi connectivity index (χ2v) is 7.36. The predicted molar refractivity (Wildman–Crippen MR) is 104 cm³/mol. The number of carbonyl (C=O) groups is 1. The van der Waals surface area contributed by atoms with Crippen LogP contribution in [-0.2, 0) is 13.1 Å². The van der Waals surface area contributed by atoms with E-state index in [-0.39, 0.29) is 5.91 Å². The van der Waals surface area contributed by atoms with Crippen LogP contribution in [-0.4, -0.2) is 17.4 Å². The molecule has 0 saturated heterocycles. The summed E-state index contributed by atoms with van der Waals surface area (Å²) in [7, 11) is 0. The standard InChI is InChI=1S/C21H27N3O/c1-14(2)9-10-24-12-16-5-4-6-20(19(16)13-24)23-21(25)18-11-17(22)8-7-15(18)3/h4-8,11,14H,9-10,12-13,22H2,1-3H3,(H,23,25). The average molecular weight is 337 g/mol. The minimum Gasteiger partial charge on any atom is -0.399 e. The second-order valence-electron chi connectivity index (χ2n) is 7.36. The van der Waals surface area contributed by atoms with Gasteiger partial charge in [-0.1, -0.05) is 32.0 Å². The fourth-order valence-electron chi connectivity index (χ4n) is 3.28. The van der Waals surface area contributed by atoms with Gasteiger partial charge in [-0.25, -0.2) is 0 Å². The Kier molecular flexibility index (Phi) is 5.09. The van der Waals surface area contributed by atoms with Crippen molar-refractivity contribution in [3.8, 4) is 0 Å². The monoisotopic (exact) mass is 337 g/mol. The number of hydrogen-bond donors (Lipinski definition) is 2. The fourth-order valence-corrected chi connectivity index (χ4v) is 3.28. The minimum atomic E-state index is -0.0983. The zero-order chi connectivity index (χ0) is 18.0. The van der Waals surface area contributed by atoms with Gasteiger partial charge in [-0.2, -0.15) is 0 Å². The summed E-state index contributed by atoms with van der Waals surface area (Å²) in [4.78, 5) is 15.2. The van der Waals surface area contributed by atoms with Crippen molar-refractivity contribution in [2.24, 2.45) is 5.92 Å². The Balaban J connectivity index is 1.76. The maximum Gasteiger partial charge on any atom is 0.256 e. The number of carbonyl (C=O) groups excluding carboxylic acids is 1. The van der Waals surface area contributed by atoms with Gasteiger partial charge in [0.15, 0.2) is 0 Å². The first-order valence-corrected chi connectivity index (χ1v) is 8.94. The molecule has 3 rings (SSSR count). The van der Waals surface area contributed by atoms with E-state index >= 15 is 0 Å². The maximum absolute atomic E-state index is 12.7. The average Bonchev–Trinajstić information content (AvgIpc) is 2.99. The van der Waals surface area contributed by atoms with Crippen LogP contribution in [0.5, 0.6) is 0 Å². The number of nitrogen functional groups attached to an aromatic ring is 1. The molecule has 132 valence electrons. The van der Waals surface area contributed by atoms with Crippen LogP contribution in [0.2, 0.25) is 0 Å². The molecule has 0 aromatic heterocycles. The van der Waals surface area contributed by atoms with Gasteiger partial charge < -0.3 is 11.1 Å². The van der Waals surface area contributed by atoms with E-state index in [1.807, 2.05) is 31.2 Å². The molecule has 2 aromatic carbocycles. The van der Waals surface area contributed by atoms with Crippen LogP contribution in [0.3, 0.4) is 0 Å². The quantitative estimate of drug-likeness (QED) is 0.804. The van der Waals surface area contributed by atoms with Gasteiger partial charge in [0.1, 0.15) is 0 Å². The smallest absolute Gasteiger partial charge is 0.256 e. The van der Waals surface area contributed by atoms with Gasteiger partial charge in [0, 0.05) is 30.0 Å². The van der Waals surface area contributed by atoms with Gasteiger partial charge >= 0.3 is 0 Å².